The highest BCUT2D eigenvalue weighted by atomic mass is 16.6. The van der Waals surface area contributed by atoms with Crippen LogP contribution >= 0.6 is 0 Å². The number of imide groups is 1. The second-order valence-corrected chi connectivity index (χ2v) is 8.29. The molecule has 0 radical (unpaired) electrons. The molecule has 1 saturated carbocycles. The highest BCUT2D eigenvalue weighted by Gasteiger charge is 2.59. The monoisotopic (exact) mass is 417 g/mol. The minimum atomic E-state index is -0.546. The van der Waals surface area contributed by atoms with Gasteiger partial charge in [0.15, 0.2) is 0 Å². The topological polar surface area (TPSA) is 110 Å². The van der Waals surface area contributed by atoms with Crippen LogP contribution < -0.4 is 10.2 Å². The molecule has 5 rings (SSSR count). The van der Waals surface area contributed by atoms with Gasteiger partial charge in [-0.25, -0.2) is 0 Å². The van der Waals surface area contributed by atoms with E-state index >= 15 is 0 Å². The van der Waals surface area contributed by atoms with Gasteiger partial charge in [-0.15, -0.1) is 0 Å². The molecule has 1 N–H and O–H groups in total. The lowest BCUT2D eigenvalue weighted by Gasteiger charge is -2.17. The number of hydrogen-bond donors (Lipinski definition) is 1. The zero-order valence-corrected chi connectivity index (χ0v) is 16.6. The summed E-state index contributed by atoms with van der Waals surface area (Å²) in [5.74, 6) is -1.19. The lowest BCUT2D eigenvalue weighted by Crippen LogP contribution is -2.32. The molecule has 1 saturated heterocycles. The van der Waals surface area contributed by atoms with Gasteiger partial charge < -0.3 is 5.32 Å². The zero-order valence-electron chi connectivity index (χ0n) is 16.6. The van der Waals surface area contributed by atoms with E-state index < -0.39 is 10.8 Å². The van der Waals surface area contributed by atoms with Gasteiger partial charge in [0.1, 0.15) is 5.69 Å². The van der Waals surface area contributed by atoms with E-state index in [1.807, 2.05) is 12.2 Å². The summed E-state index contributed by atoms with van der Waals surface area (Å²) in [6, 6.07) is 10.7. The Morgan fingerprint density at radius 2 is 1.65 bits per heavy atom. The Bertz CT molecular complexity index is 1140. The molecule has 2 aromatic rings. The third-order valence-corrected chi connectivity index (χ3v) is 6.46. The van der Waals surface area contributed by atoms with Gasteiger partial charge in [-0.1, -0.05) is 18.2 Å². The molecule has 2 aliphatic carbocycles. The number of nitro groups is 1. The van der Waals surface area contributed by atoms with E-state index in [1.54, 1.807) is 25.1 Å². The maximum atomic E-state index is 12.9. The van der Waals surface area contributed by atoms with Gasteiger partial charge in [-0.3, -0.25) is 29.4 Å². The number of anilines is 2. The highest BCUT2D eigenvalue weighted by Crippen LogP contribution is 2.53. The normalized spacial score (nSPS) is 25.8. The van der Waals surface area contributed by atoms with Crippen molar-refractivity contribution < 1.29 is 19.3 Å². The number of carbonyl (C=O) groups is 3. The fraction of sp³-hybridized carbons (Fsp3) is 0.261. The van der Waals surface area contributed by atoms with E-state index in [-0.39, 0.29) is 52.4 Å². The van der Waals surface area contributed by atoms with E-state index in [4.69, 9.17) is 0 Å². The van der Waals surface area contributed by atoms with Crippen LogP contribution in [0, 0.1) is 40.7 Å². The quantitative estimate of drug-likeness (QED) is 0.355. The van der Waals surface area contributed by atoms with Crippen molar-refractivity contribution in [3.05, 3.63) is 75.9 Å². The van der Waals surface area contributed by atoms with Crippen molar-refractivity contribution in [1.82, 2.24) is 0 Å². The number of rotatable bonds is 4. The van der Waals surface area contributed by atoms with Gasteiger partial charge in [0.25, 0.3) is 11.6 Å². The molecular weight excluding hydrogens is 398 g/mol. The fourth-order valence-corrected chi connectivity index (χ4v) is 5.01. The Morgan fingerprint density at radius 1 is 1.03 bits per heavy atom. The number of nitrogens with zero attached hydrogens (tertiary/aromatic N) is 2. The molecule has 0 unspecified atom stereocenters. The van der Waals surface area contributed by atoms with Gasteiger partial charge in [0, 0.05) is 11.6 Å². The molecule has 3 aliphatic rings. The number of carbonyl (C=O) groups excluding carboxylic acids is 3. The second kappa shape index (κ2) is 6.87. The molecule has 2 fully saturated rings. The molecule has 31 heavy (non-hydrogen) atoms. The first-order valence-electron chi connectivity index (χ1n) is 10.1. The van der Waals surface area contributed by atoms with Gasteiger partial charge in [-0.2, -0.15) is 0 Å². The van der Waals surface area contributed by atoms with Crippen LogP contribution in [0.1, 0.15) is 22.3 Å². The van der Waals surface area contributed by atoms with Gasteiger partial charge in [-0.05, 0) is 61.1 Å². The van der Waals surface area contributed by atoms with Gasteiger partial charge in [0.05, 0.1) is 22.4 Å². The average molecular weight is 417 g/mol. The summed E-state index contributed by atoms with van der Waals surface area (Å²) in [6.07, 6.45) is 4.95. The molecule has 2 bridgehead atoms. The molecule has 0 aromatic heterocycles. The van der Waals surface area contributed by atoms with E-state index in [0.717, 1.165) is 6.42 Å². The van der Waals surface area contributed by atoms with Crippen molar-refractivity contribution >= 4 is 34.8 Å². The number of amides is 3. The lowest BCUT2D eigenvalue weighted by molar-refractivity contribution is -0.384. The summed E-state index contributed by atoms with van der Waals surface area (Å²) in [6.45, 7) is 1.73. The van der Waals surface area contributed by atoms with Gasteiger partial charge in [0.2, 0.25) is 11.8 Å². The Balaban J connectivity index is 1.35. The van der Waals surface area contributed by atoms with Crippen molar-refractivity contribution in [3.8, 4) is 0 Å². The predicted octanol–water partition coefficient (Wildman–Crippen LogP) is 3.47. The smallest absolute Gasteiger partial charge is 0.293 e. The van der Waals surface area contributed by atoms with Crippen LogP contribution in [-0.2, 0) is 9.59 Å². The SMILES string of the molecule is Cc1ccc(NC(=O)c2ccc(N3C(=O)[C@@H]4[C@H](C3=O)[C@@H]3C=C[C@@H]4C3)cc2)c([N+](=O)[O-])c1. The third-order valence-electron chi connectivity index (χ3n) is 6.46. The van der Waals surface area contributed by atoms with E-state index in [9.17, 15) is 24.5 Å². The molecule has 0 spiro atoms. The van der Waals surface area contributed by atoms with Crippen molar-refractivity contribution in [3.63, 3.8) is 0 Å². The van der Waals surface area contributed by atoms with Crippen LogP contribution in [0.15, 0.2) is 54.6 Å². The van der Waals surface area contributed by atoms with Crippen LogP contribution in [0.4, 0.5) is 17.1 Å². The lowest BCUT2D eigenvalue weighted by atomic mass is 9.85. The van der Waals surface area contributed by atoms with Crippen LogP contribution in [-0.4, -0.2) is 22.6 Å². The van der Waals surface area contributed by atoms with Crippen LogP contribution in [0.25, 0.3) is 0 Å². The summed E-state index contributed by atoms with van der Waals surface area (Å²) < 4.78 is 0. The first kappa shape index (κ1) is 19.2. The Kier molecular flexibility index (Phi) is 4.25. The molecule has 4 atom stereocenters. The van der Waals surface area contributed by atoms with Crippen molar-refractivity contribution in [2.24, 2.45) is 23.7 Å². The molecular formula is C23H19N3O5. The zero-order chi connectivity index (χ0) is 21.9. The van der Waals surface area contributed by atoms with Crippen molar-refractivity contribution in [2.45, 2.75) is 13.3 Å². The summed E-state index contributed by atoms with van der Waals surface area (Å²) in [7, 11) is 0. The van der Waals surface area contributed by atoms with Crippen LogP contribution in [0.3, 0.4) is 0 Å². The predicted molar refractivity (Wildman–Crippen MR) is 112 cm³/mol. The summed E-state index contributed by atoms with van der Waals surface area (Å²) in [4.78, 5) is 50.4. The minimum Gasteiger partial charge on any atom is -0.316 e. The molecule has 8 heteroatoms. The number of nitro benzene ring substituents is 1. The van der Waals surface area contributed by atoms with E-state index in [1.165, 1.54) is 29.2 Å². The van der Waals surface area contributed by atoms with Crippen molar-refractivity contribution in [1.29, 1.82) is 0 Å². The molecule has 3 amide bonds. The Morgan fingerprint density at radius 3 is 2.23 bits per heavy atom. The molecule has 156 valence electrons. The molecule has 8 nitrogen and oxygen atoms in total. The maximum Gasteiger partial charge on any atom is 0.293 e. The number of allylic oxidation sites excluding steroid dienone is 2. The first-order valence-corrected chi connectivity index (χ1v) is 10.1. The number of aryl methyl sites for hydroxylation is 1. The number of hydrogen-bond acceptors (Lipinski definition) is 5. The highest BCUT2D eigenvalue weighted by molar-refractivity contribution is 6.23. The number of fused-ring (bicyclic) bond motifs is 5. The Hall–Kier alpha value is -3.81. The number of nitrogens with one attached hydrogen (secondary N) is 1. The van der Waals surface area contributed by atoms with Crippen molar-refractivity contribution in [2.75, 3.05) is 10.2 Å². The molecule has 1 heterocycles. The summed E-state index contributed by atoms with van der Waals surface area (Å²) in [5, 5.41) is 13.8. The summed E-state index contributed by atoms with van der Waals surface area (Å²) in [5.41, 5.74) is 1.32. The fourth-order valence-electron chi connectivity index (χ4n) is 5.01. The third kappa shape index (κ3) is 2.94. The minimum absolute atomic E-state index is 0.102. The molecule has 1 aliphatic heterocycles. The Labute approximate surface area is 177 Å². The van der Waals surface area contributed by atoms with Crippen LogP contribution in [0.5, 0.6) is 0 Å². The summed E-state index contributed by atoms with van der Waals surface area (Å²) >= 11 is 0. The standard InChI is InChI=1S/C23H19N3O5/c1-12-2-9-17(18(10-12)26(30)31)24-21(27)13-5-7-16(8-6-13)25-22(28)19-14-3-4-15(11-14)20(19)23(25)29/h2-10,14-15,19-20H,11H2,1H3,(H,24,27)/t14-,15-,19-,20+/m1/s1. The van der Waals surface area contributed by atoms with Crippen LogP contribution in [0.2, 0.25) is 0 Å². The maximum absolute atomic E-state index is 12.9. The first-order chi connectivity index (χ1) is 14.8. The van der Waals surface area contributed by atoms with E-state index in [0.29, 0.717) is 11.3 Å². The van der Waals surface area contributed by atoms with Gasteiger partial charge >= 0.3 is 0 Å². The number of benzene rings is 2. The molecule has 2 aromatic carbocycles. The second-order valence-electron chi connectivity index (χ2n) is 8.29. The largest absolute Gasteiger partial charge is 0.316 e. The van der Waals surface area contributed by atoms with E-state index in [2.05, 4.69) is 5.32 Å². The average Bonchev–Trinajstić information content (AvgIpc) is 3.43.